The second-order valence-corrected chi connectivity index (χ2v) is 10.6. The highest BCUT2D eigenvalue weighted by molar-refractivity contribution is 5.61. The van der Waals surface area contributed by atoms with Gasteiger partial charge in [0.2, 0.25) is 0 Å². The predicted molar refractivity (Wildman–Crippen MR) is 142 cm³/mol. The second-order valence-electron chi connectivity index (χ2n) is 10.6. The maximum absolute atomic E-state index is 12.9. The first-order valence-corrected chi connectivity index (χ1v) is 13.0. The Bertz CT molecular complexity index is 1040. The van der Waals surface area contributed by atoms with E-state index in [1.54, 1.807) is 25.3 Å². The molecule has 0 amide bonds. The van der Waals surface area contributed by atoms with Gasteiger partial charge in [-0.3, -0.25) is 9.80 Å². The van der Waals surface area contributed by atoms with E-state index in [-0.39, 0.29) is 11.3 Å². The zero-order valence-electron chi connectivity index (χ0n) is 22.5. The Morgan fingerprint density at radius 2 is 1.32 bits per heavy atom. The fourth-order valence-corrected chi connectivity index (χ4v) is 5.42. The van der Waals surface area contributed by atoms with Crippen LogP contribution < -0.4 is 19.3 Å². The Kier molecular flexibility index (Phi) is 8.14. The lowest BCUT2D eigenvalue weighted by molar-refractivity contribution is -0.274. The van der Waals surface area contributed by atoms with Gasteiger partial charge in [-0.05, 0) is 57.5 Å². The van der Waals surface area contributed by atoms with E-state index in [4.69, 9.17) is 4.74 Å². The number of nitrogens with zero attached hydrogens (tertiary/aromatic N) is 4. The second kappa shape index (κ2) is 11.0. The normalized spacial score (nSPS) is 18.4. The highest BCUT2D eigenvalue weighted by atomic mass is 19.4. The van der Waals surface area contributed by atoms with E-state index in [2.05, 4.69) is 65.3 Å². The van der Waals surface area contributed by atoms with Gasteiger partial charge in [-0.25, -0.2) is 0 Å². The lowest BCUT2D eigenvalue weighted by Crippen LogP contribution is -2.53. The fraction of sp³-hybridized carbons (Fsp3) is 0.571. The minimum absolute atomic E-state index is 0.155. The number of benzene rings is 2. The summed E-state index contributed by atoms with van der Waals surface area (Å²) >= 11 is 0. The van der Waals surface area contributed by atoms with Crippen LogP contribution >= 0.6 is 0 Å². The smallest absolute Gasteiger partial charge is 0.495 e. The molecule has 2 fully saturated rings. The molecule has 0 N–H and O–H groups in total. The molecule has 6 nitrogen and oxygen atoms in total. The van der Waals surface area contributed by atoms with Crippen LogP contribution in [0.4, 0.5) is 24.5 Å². The maximum atomic E-state index is 12.9. The molecule has 2 aliphatic heterocycles. The highest BCUT2D eigenvalue weighted by Crippen LogP contribution is 2.38. The first-order valence-electron chi connectivity index (χ1n) is 13.0. The van der Waals surface area contributed by atoms with Crippen molar-refractivity contribution in [1.29, 1.82) is 0 Å². The van der Waals surface area contributed by atoms with E-state index in [9.17, 15) is 13.2 Å². The molecular weight excluding hydrogens is 481 g/mol. The van der Waals surface area contributed by atoms with Crippen molar-refractivity contribution >= 4 is 11.4 Å². The zero-order valence-corrected chi connectivity index (χ0v) is 22.5. The van der Waals surface area contributed by atoms with Crippen molar-refractivity contribution in [1.82, 2.24) is 9.80 Å². The molecule has 37 heavy (non-hydrogen) atoms. The average molecular weight is 521 g/mol. The predicted octanol–water partition coefficient (Wildman–Crippen LogP) is 5.18. The molecule has 0 bridgehead atoms. The fourth-order valence-electron chi connectivity index (χ4n) is 5.42. The van der Waals surface area contributed by atoms with Gasteiger partial charge in [-0.2, -0.15) is 0 Å². The zero-order chi connectivity index (χ0) is 26.8. The largest absolute Gasteiger partial charge is 0.573 e. The van der Waals surface area contributed by atoms with Crippen LogP contribution in [0.3, 0.4) is 0 Å². The summed E-state index contributed by atoms with van der Waals surface area (Å²) in [6.07, 6.45) is -4.72. The third kappa shape index (κ3) is 6.26. The number of hydrogen-bond donors (Lipinski definition) is 0. The Morgan fingerprint density at radius 1 is 0.757 bits per heavy atom. The van der Waals surface area contributed by atoms with E-state index in [0.29, 0.717) is 37.9 Å². The molecule has 2 aromatic rings. The van der Waals surface area contributed by atoms with Gasteiger partial charge in [0.1, 0.15) is 5.75 Å². The Labute approximate surface area is 218 Å². The van der Waals surface area contributed by atoms with Gasteiger partial charge in [0.05, 0.1) is 18.5 Å². The summed E-state index contributed by atoms with van der Waals surface area (Å²) in [4.78, 5) is 9.24. The number of piperazine rings is 2. The first-order chi connectivity index (χ1) is 17.5. The molecule has 204 valence electrons. The monoisotopic (exact) mass is 520 g/mol. The number of alkyl halides is 3. The highest BCUT2D eigenvalue weighted by Gasteiger charge is 2.35. The summed E-state index contributed by atoms with van der Waals surface area (Å²) in [7, 11) is 1.72. The summed E-state index contributed by atoms with van der Waals surface area (Å²) in [5, 5.41) is 0. The van der Waals surface area contributed by atoms with Crippen molar-refractivity contribution in [2.75, 3.05) is 69.3 Å². The van der Waals surface area contributed by atoms with Crippen LogP contribution in [-0.2, 0) is 5.54 Å². The number of hydrogen-bond acceptors (Lipinski definition) is 6. The molecule has 0 aromatic heterocycles. The number of para-hydroxylation sites is 2. The summed E-state index contributed by atoms with van der Waals surface area (Å²) in [5.74, 6) is 0.720. The van der Waals surface area contributed by atoms with Crippen LogP contribution in [0.1, 0.15) is 33.3 Å². The van der Waals surface area contributed by atoms with Crippen molar-refractivity contribution in [2.24, 2.45) is 0 Å². The van der Waals surface area contributed by atoms with E-state index in [0.717, 1.165) is 43.2 Å². The molecule has 2 heterocycles. The molecule has 4 rings (SSSR count). The molecule has 0 saturated carbocycles. The molecule has 2 aliphatic rings. The maximum Gasteiger partial charge on any atom is 0.573 e. The van der Waals surface area contributed by atoms with Crippen molar-refractivity contribution in [3.63, 3.8) is 0 Å². The molecule has 0 spiro atoms. The molecule has 2 aromatic carbocycles. The summed E-state index contributed by atoms with van der Waals surface area (Å²) < 4.78 is 48.8. The standard InChI is InChI=1S/C28H39F3N4O2/c1-21(2)32-12-14-33(15-13-32)24-11-10-22(20-26(24)36-5)27(3,4)35-18-16-34(17-19-35)23-8-6-7-9-25(23)37-28(29,30)31/h6-11,20-21H,12-19H2,1-5H3. The van der Waals surface area contributed by atoms with Crippen LogP contribution in [-0.4, -0.2) is 81.7 Å². The summed E-state index contributed by atoms with van der Waals surface area (Å²) in [6, 6.07) is 13.4. The minimum atomic E-state index is -4.72. The molecule has 2 saturated heterocycles. The van der Waals surface area contributed by atoms with Gasteiger partial charge in [0.25, 0.3) is 0 Å². The van der Waals surface area contributed by atoms with Crippen LogP contribution in [0.2, 0.25) is 0 Å². The quantitative estimate of drug-likeness (QED) is 0.500. The molecular formula is C28H39F3N4O2. The van der Waals surface area contributed by atoms with Crippen molar-refractivity contribution < 1.29 is 22.6 Å². The Hall–Kier alpha value is -2.65. The van der Waals surface area contributed by atoms with Gasteiger partial charge in [0.15, 0.2) is 5.75 Å². The van der Waals surface area contributed by atoms with Gasteiger partial charge >= 0.3 is 6.36 Å². The third-order valence-corrected chi connectivity index (χ3v) is 7.77. The van der Waals surface area contributed by atoms with E-state index < -0.39 is 6.36 Å². The number of anilines is 2. The van der Waals surface area contributed by atoms with Gasteiger partial charge in [-0.15, -0.1) is 13.2 Å². The molecule has 0 atom stereocenters. The van der Waals surface area contributed by atoms with Crippen molar-refractivity contribution in [2.45, 2.75) is 45.6 Å². The van der Waals surface area contributed by atoms with Crippen LogP contribution in [0.25, 0.3) is 0 Å². The summed E-state index contributed by atoms with van der Waals surface area (Å²) in [5.41, 5.74) is 2.48. The Balaban J connectivity index is 1.45. The Morgan fingerprint density at radius 3 is 1.89 bits per heavy atom. The van der Waals surface area contributed by atoms with Crippen molar-refractivity contribution in [3.8, 4) is 11.5 Å². The minimum Gasteiger partial charge on any atom is -0.495 e. The lowest BCUT2D eigenvalue weighted by atomic mass is 9.90. The third-order valence-electron chi connectivity index (χ3n) is 7.77. The van der Waals surface area contributed by atoms with Gasteiger partial charge in [-0.1, -0.05) is 18.2 Å². The molecule has 0 unspecified atom stereocenters. The SMILES string of the molecule is COc1cc(C(C)(C)N2CCN(c3ccccc3OC(F)(F)F)CC2)ccc1N1CCN(C(C)C)CC1. The van der Waals surface area contributed by atoms with Crippen molar-refractivity contribution in [3.05, 3.63) is 48.0 Å². The topological polar surface area (TPSA) is 31.4 Å². The number of ether oxygens (including phenoxy) is 2. The van der Waals surface area contributed by atoms with Crippen LogP contribution in [0, 0.1) is 0 Å². The van der Waals surface area contributed by atoms with E-state index >= 15 is 0 Å². The lowest BCUT2D eigenvalue weighted by Gasteiger charge is -2.45. The average Bonchev–Trinajstić information content (AvgIpc) is 2.88. The van der Waals surface area contributed by atoms with E-state index in [1.165, 1.54) is 6.07 Å². The molecule has 9 heteroatoms. The van der Waals surface area contributed by atoms with Gasteiger partial charge < -0.3 is 19.3 Å². The number of halogens is 3. The van der Waals surface area contributed by atoms with Gasteiger partial charge in [0, 0.05) is 63.9 Å². The van der Waals surface area contributed by atoms with Crippen LogP contribution in [0.15, 0.2) is 42.5 Å². The van der Waals surface area contributed by atoms with E-state index in [1.807, 2.05) is 4.90 Å². The first kappa shape index (κ1) is 27.4. The van der Waals surface area contributed by atoms with Crippen LogP contribution in [0.5, 0.6) is 11.5 Å². The molecule has 0 aliphatic carbocycles. The summed E-state index contributed by atoms with van der Waals surface area (Å²) in [6.45, 7) is 15.5. The number of rotatable bonds is 7. The number of methoxy groups -OCH3 is 1. The molecule has 0 radical (unpaired) electrons.